The van der Waals surface area contributed by atoms with Crippen molar-refractivity contribution in [3.63, 3.8) is 0 Å². The summed E-state index contributed by atoms with van der Waals surface area (Å²) in [6.07, 6.45) is 11.7. The van der Waals surface area contributed by atoms with E-state index in [1.807, 2.05) is 0 Å². The molecule has 1 aromatic rings. The van der Waals surface area contributed by atoms with Crippen molar-refractivity contribution in [1.82, 2.24) is 6.15 Å². The van der Waals surface area contributed by atoms with Gasteiger partial charge in [0, 0.05) is 0 Å². The molecule has 0 atom stereocenters. The van der Waals surface area contributed by atoms with Crippen LogP contribution >= 0.6 is 0 Å². The molecule has 0 aliphatic carbocycles. The number of hydrogen-bond acceptors (Lipinski definition) is 3. The van der Waals surface area contributed by atoms with E-state index in [1.54, 1.807) is 18.2 Å². The molecule has 0 aliphatic heterocycles. The van der Waals surface area contributed by atoms with Gasteiger partial charge in [-0.05, 0) is 24.5 Å². The molecule has 1 rings (SSSR count). The highest BCUT2D eigenvalue weighted by Gasteiger charge is 2.07. The van der Waals surface area contributed by atoms with Gasteiger partial charge in [-0.3, -0.25) is 0 Å². The summed E-state index contributed by atoms with van der Waals surface area (Å²) in [5.41, 5.74) is 0.662. The zero-order valence-corrected chi connectivity index (χ0v) is 14.8. The van der Waals surface area contributed by atoms with E-state index in [9.17, 15) is 13.0 Å². The number of benzene rings is 1. The van der Waals surface area contributed by atoms with Crippen LogP contribution in [0.2, 0.25) is 0 Å². The van der Waals surface area contributed by atoms with E-state index < -0.39 is 10.1 Å². The van der Waals surface area contributed by atoms with E-state index in [0.29, 0.717) is 12.0 Å². The minimum Gasteiger partial charge on any atom is -0.744 e. The van der Waals surface area contributed by atoms with E-state index in [-0.39, 0.29) is 11.0 Å². The van der Waals surface area contributed by atoms with Crippen LogP contribution in [0.3, 0.4) is 0 Å². The third kappa shape index (κ3) is 8.51. The molecule has 4 nitrogen and oxygen atoms in total. The van der Waals surface area contributed by atoms with Gasteiger partial charge in [0.05, 0.1) is 4.90 Å². The average molecular weight is 330 g/mol. The van der Waals surface area contributed by atoms with Crippen LogP contribution in [0.1, 0.15) is 70.3 Å². The Kier molecular flexibility index (Phi) is 11.1. The van der Waals surface area contributed by atoms with Crippen molar-refractivity contribution in [3.05, 3.63) is 29.8 Å². The summed E-state index contributed by atoms with van der Waals surface area (Å²) < 4.78 is 33.5. The Hall–Kier alpha value is -0.910. The molecule has 0 heterocycles. The molecule has 0 bridgehead atoms. The van der Waals surface area contributed by atoms with Gasteiger partial charge >= 0.3 is 0 Å². The van der Waals surface area contributed by atoms with Crippen LogP contribution in [0.4, 0.5) is 0 Å². The van der Waals surface area contributed by atoms with Crippen molar-refractivity contribution in [2.24, 2.45) is 0 Å². The second-order valence-corrected chi connectivity index (χ2v) is 6.99. The minimum atomic E-state index is -4.34. The number of rotatable bonds is 11. The Morgan fingerprint density at radius 1 is 0.864 bits per heavy atom. The lowest BCUT2D eigenvalue weighted by molar-refractivity contribution is 0.461. The molecule has 0 radical (unpaired) electrons. The summed E-state index contributed by atoms with van der Waals surface area (Å²) in [5.74, 6) is 0. The van der Waals surface area contributed by atoms with Crippen LogP contribution in [0.5, 0.6) is 0 Å². The highest BCUT2D eigenvalue weighted by molar-refractivity contribution is 7.85. The third-order valence-electron chi connectivity index (χ3n) is 3.79. The Morgan fingerprint density at radius 2 is 1.36 bits per heavy atom. The van der Waals surface area contributed by atoms with E-state index in [2.05, 4.69) is 6.92 Å². The molecule has 128 valence electrons. The first-order valence-electron chi connectivity index (χ1n) is 8.09. The Bertz CT molecular complexity index is 500. The molecule has 0 spiro atoms. The maximum absolute atomic E-state index is 11.2. The molecular weight excluding hydrogens is 298 g/mol. The molecule has 0 amide bonds. The fourth-order valence-corrected chi connectivity index (χ4v) is 3.32. The van der Waals surface area contributed by atoms with Crippen LogP contribution in [-0.4, -0.2) is 13.0 Å². The molecule has 0 aromatic heterocycles. The van der Waals surface area contributed by atoms with Crippen LogP contribution in [0.15, 0.2) is 29.2 Å². The third-order valence-corrected chi connectivity index (χ3v) is 4.73. The smallest absolute Gasteiger partial charge is 0.124 e. The van der Waals surface area contributed by atoms with Gasteiger partial charge in [0.1, 0.15) is 10.1 Å². The molecule has 0 aliphatic rings. The van der Waals surface area contributed by atoms with Gasteiger partial charge in [-0.1, -0.05) is 76.5 Å². The molecular formula is C17H31NO3S. The van der Waals surface area contributed by atoms with E-state index in [4.69, 9.17) is 0 Å². The van der Waals surface area contributed by atoms with Gasteiger partial charge in [-0.15, -0.1) is 0 Å². The molecule has 1 aromatic carbocycles. The maximum Gasteiger partial charge on any atom is 0.124 e. The SMILES string of the molecule is CCCCCCCCCCCc1ccccc1S(=O)(=O)[O-].[NH4+]. The van der Waals surface area contributed by atoms with Gasteiger partial charge in [-0.25, -0.2) is 8.42 Å². The second kappa shape index (κ2) is 11.6. The molecule has 0 saturated heterocycles. The van der Waals surface area contributed by atoms with Crippen molar-refractivity contribution in [1.29, 1.82) is 0 Å². The first-order valence-corrected chi connectivity index (χ1v) is 9.50. The topological polar surface area (TPSA) is 93.7 Å². The lowest BCUT2D eigenvalue weighted by Crippen LogP contribution is -2.03. The van der Waals surface area contributed by atoms with Crippen LogP contribution in [-0.2, 0) is 16.5 Å². The zero-order chi connectivity index (χ0) is 15.6. The quantitative estimate of drug-likeness (QED) is 0.455. The van der Waals surface area contributed by atoms with Crippen LogP contribution < -0.4 is 6.15 Å². The monoisotopic (exact) mass is 329 g/mol. The van der Waals surface area contributed by atoms with Crippen molar-refractivity contribution >= 4 is 10.1 Å². The van der Waals surface area contributed by atoms with E-state index in [1.165, 1.54) is 51.0 Å². The van der Waals surface area contributed by atoms with Crippen molar-refractivity contribution in [2.45, 2.75) is 76.0 Å². The maximum atomic E-state index is 11.2. The number of unbranched alkanes of at least 4 members (excludes halogenated alkanes) is 8. The highest BCUT2D eigenvalue weighted by Crippen LogP contribution is 2.18. The van der Waals surface area contributed by atoms with Gasteiger partial charge in [0.2, 0.25) is 0 Å². The summed E-state index contributed by atoms with van der Waals surface area (Å²) in [6, 6.07) is 6.54. The lowest BCUT2D eigenvalue weighted by atomic mass is 10.0. The normalized spacial score (nSPS) is 11.2. The lowest BCUT2D eigenvalue weighted by Gasteiger charge is -2.12. The average Bonchev–Trinajstić information content (AvgIpc) is 2.45. The Balaban J connectivity index is 0.00000441. The number of hydrogen-bond donors (Lipinski definition) is 1. The van der Waals surface area contributed by atoms with Crippen molar-refractivity contribution < 1.29 is 13.0 Å². The largest absolute Gasteiger partial charge is 0.744 e. The van der Waals surface area contributed by atoms with Gasteiger partial charge in [0.25, 0.3) is 0 Å². The predicted molar refractivity (Wildman–Crippen MR) is 91.3 cm³/mol. The first-order chi connectivity index (χ1) is 10.1. The molecule has 0 unspecified atom stereocenters. The molecule has 22 heavy (non-hydrogen) atoms. The fourth-order valence-electron chi connectivity index (χ4n) is 2.58. The number of quaternary nitrogens is 1. The minimum absolute atomic E-state index is 0. The first kappa shape index (κ1) is 21.1. The van der Waals surface area contributed by atoms with Crippen molar-refractivity contribution in [3.8, 4) is 0 Å². The van der Waals surface area contributed by atoms with Gasteiger partial charge in [-0.2, -0.15) is 0 Å². The standard InChI is InChI=1S/C17H28O3S.H3N/c1-2-3-4-5-6-7-8-9-10-13-16-14-11-12-15-17(16)21(18,19)20;/h11-12,14-15H,2-10,13H2,1H3,(H,18,19,20);1H3. The molecule has 0 fully saturated rings. The summed E-state index contributed by atoms with van der Waals surface area (Å²) in [7, 11) is -4.34. The number of aryl methyl sites for hydroxylation is 1. The summed E-state index contributed by atoms with van der Waals surface area (Å²) in [4.78, 5) is -0.0513. The highest BCUT2D eigenvalue weighted by atomic mass is 32.2. The Labute approximate surface area is 135 Å². The predicted octanol–water partition coefficient (Wildman–Crippen LogP) is 5.04. The van der Waals surface area contributed by atoms with E-state index in [0.717, 1.165) is 12.8 Å². The Morgan fingerprint density at radius 3 is 1.91 bits per heavy atom. The van der Waals surface area contributed by atoms with Gasteiger partial charge in [0.15, 0.2) is 0 Å². The van der Waals surface area contributed by atoms with E-state index >= 15 is 0 Å². The van der Waals surface area contributed by atoms with Gasteiger partial charge < -0.3 is 10.7 Å². The summed E-state index contributed by atoms with van der Waals surface area (Å²) >= 11 is 0. The summed E-state index contributed by atoms with van der Waals surface area (Å²) in [6.45, 7) is 2.22. The zero-order valence-electron chi connectivity index (χ0n) is 14.0. The van der Waals surface area contributed by atoms with Crippen molar-refractivity contribution in [2.75, 3.05) is 0 Å². The summed E-state index contributed by atoms with van der Waals surface area (Å²) in [5, 5.41) is 0. The van der Waals surface area contributed by atoms with Crippen LogP contribution in [0.25, 0.3) is 0 Å². The fraction of sp³-hybridized carbons (Fsp3) is 0.647. The van der Waals surface area contributed by atoms with Crippen LogP contribution in [0, 0.1) is 0 Å². The molecule has 5 heteroatoms. The second-order valence-electron chi connectivity index (χ2n) is 5.64. The molecule has 0 saturated carbocycles. The molecule has 4 N–H and O–H groups in total.